The molecule has 1 heterocycles. The van der Waals surface area contributed by atoms with Gasteiger partial charge in [-0.15, -0.1) is 0 Å². The van der Waals surface area contributed by atoms with Gasteiger partial charge in [-0.1, -0.05) is 44.9 Å². The summed E-state index contributed by atoms with van der Waals surface area (Å²) in [5.41, 5.74) is 2.57. The Bertz CT molecular complexity index is 484. The Morgan fingerprint density at radius 3 is 2.85 bits per heavy atom. The van der Waals surface area contributed by atoms with Gasteiger partial charge in [-0.2, -0.15) is 0 Å². The van der Waals surface area contributed by atoms with Crippen molar-refractivity contribution in [2.45, 2.75) is 58.0 Å². The van der Waals surface area contributed by atoms with Gasteiger partial charge in [0.1, 0.15) is 6.04 Å². The van der Waals surface area contributed by atoms with E-state index in [1.807, 2.05) is 18.2 Å². The molecular weight excluding hydrogens is 248 g/mol. The van der Waals surface area contributed by atoms with Crippen molar-refractivity contribution in [3.8, 4) is 0 Å². The largest absolute Gasteiger partial charge is 0.373 e. The molecule has 3 heteroatoms. The number of rotatable bonds is 2. The number of amides is 1. The molecule has 1 aliphatic heterocycles. The molecule has 2 N–H and O–H groups in total. The number of carbonyl (C=O) groups excluding carboxylic acids is 1. The Kier molecular flexibility index (Phi) is 3.45. The quantitative estimate of drug-likeness (QED) is 0.868. The second-order valence-corrected chi connectivity index (χ2v) is 6.85. The smallest absolute Gasteiger partial charge is 0.243 e. The normalized spacial score (nSPS) is 27.5. The number of hydrogen-bond acceptors (Lipinski definition) is 2. The summed E-state index contributed by atoms with van der Waals surface area (Å²) in [6.45, 7) is 4.54. The fourth-order valence-electron chi connectivity index (χ4n) is 3.49. The van der Waals surface area contributed by atoms with E-state index in [0.717, 1.165) is 18.5 Å². The number of fused-ring (bicyclic) bond motifs is 1. The third-order valence-electron chi connectivity index (χ3n) is 4.91. The molecule has 3 rings (SSSR count). The lowest BCUT2D eigenvalue weighted by Gasteiger charge is -2.39. The molecule has 1 aromatic carbocycles. The zero-order chi connectivity index (χ0) is 14.2. The molecule has 3 nitrogen and oxygen atoms in total. The van der Waals surface area contributed by atoms with Gasteiger partial charge in [0.05, 0.1) is 0 Å². The number of anilines is 1. The number of carbonyl (C=O) groups is 1. The number of benzene rings is 1. The first-order chi connectivity index (χ1) is 9.56. The highest BCUT2D eigenvalue weighted by Crippen LogP contribution is 2.35. The van der Waals surface area contributed by atoms with Crippen LogP contribution in [0.5, 0.6) is 0 Å². The van der Waals surface area contributed by atoms with E-state index in [4.69, 9.17) is 0 Å². The fraction of sp³-hybridized carbons (Fsp3) is 0.588. The molecule has 1 aromatic rings. The minimum Gasteiger partial charge on any atom is -0.373 e. The molecule has 1 amide bonds. The van der Waals surface area contributed by atoms with Crippen LogP contribution in [-0.4, -0.2) is 18.0 Å². The summed E-state index contributed by atoms with van der Waals surface area (Å²) < 4.78 is 0. The molecule has 0 bridgehead atoms. The standard InChI is InChI=1S/C17H24N2O/c1-17(2)10-6-5-9-15(17)19-16(20)14-11-12-7-3-4-8-13(12)18-14/h3-4,7-8,14-15,18H,5-6,9-11H2,1-2H3,(H,19,20). The van der Waals surface area contributed by atoms with Crippen molar-refractivity contribution in [3.63, 3.8) is 0 Å². The Morgan fingerprint density at radius 1 is 1.30 bits per heavy atom. The molecule has 0 aromatic heterocycles. The van der Waals surface area contributed by atoms with Crippen molar-refractivity contribution in [1.82, 2.24) is 5.32 Å². The molecule has 1 fully saturated rings. The maximum absolute atomic E-state index is 12.5. The van der Waals surface area contributed by atoms with Gasteiger partial charge in [0.15, 0.2) is 0 Å². The maximum atomic E-state index is 12.5. The van der Waals surface area contributed by atoms with Crippen molar-refractivity contribution in [3.05, 3.63) is 29.8 Å². The summed E-state index contributed by atoms with van der Waals surface area (Å²) in [5, 5.41) is 6.62. The summed E-state index contributed by atoms with van der Waals surface area (Å²) in [4.78, 5) is 12.5. The Hall–Kier alpha value is -1.51. The third-order valence-corrected chi connectivity index (χ3v) is 4.91. The second kappa shape index (κ2) is 5.12. The van der Waals surface area contributed by atoms with Crippen LogP contribution in [0, 0.1) is 5.41 Å². The Morgan fingerprint density at radius 2 is 2.10 bits per heavy atom. The van der Waals surface area contributed by atoms with Crippen LogP contribution in [0.15, 0.2) is 24.3 Å². The number of nitrogens with one attached hydrogen (secondary N) is 2. The molecule has 1 aliphatic carbocycles. The van der Waals surface area contributed by atoms with Crippen LogP contribution in [-0.2, 0) is 11.2 Å². The van der Waals surface area contributed by atoms with Gasteiger partial charge >= 0.3 is 0 Å². The van der Waals surface area contributed by atoms with E-state index in [1.54, 1.807) is 0 Å². The summed E-state index contributed by atoms with van der Waals surface area (Å²) >= 11 is 0. The van der Waals surface area contributed by atoms with Crippen LogP contribution < -0.4 is 10.6 Å². The Balaban J connectivity index is 1.64. The van der Waals surface area contributed by atoms with Crippen molar-refractivity contribution < 1.29 is 4.79 Å². The zero-order valence-electron chi connectivity index (χ0n) is 12.4. The van der Waals surface area contributed by atoms with Crippen LogP contribution in [0.3, 0.4) is 0 Å². The first-order valence-corrected chi connectivity index (χ1v) is 7.71. The second-order valence-electron chi connectivity index (χ2n) is 6.85. The summed E-state index contributed by atoms with van der Waals surface area (Å²) in [7, 11) is 0. The first kappa shape index (κ1) is 13.5. The maximum Gasteiger partial charge on any atom is 0.243 e. The van der Waals surface area contributed by atoms with E-state index >= 15 is 0 Å². The molecule has 0 radical (unpaired) electrons. The molecule has 2 aliphatic rings. The van der Waals surface area contributed by atoms with Crippen molar-refractivity contribution in [1.29, 1.82) is 0 Å². The van der Waals surface area contributed by atoms with Crippen LogP contribution in [0.2, 0.25) is 0 Å². The monoisotopic (exact) mass is 272 g/mol. The fourth-order valence-corrected chi connectivity index (χ4v) is 3.49. The lowest BCUT2D eigenvalue weighted by Crippen LogP contribution is -2.51. The molecule has 0 spiro atoms. The summed E-state index contributed by atoms with van der Waals surface area (Å²) in [5.74, 6) is 0.154. The van der Waals surface area contributed by atoms with E-state index in [9.17, 15) is 4.79 Å². The molecule has 1 saturated carbocycles. The van der Waals surface area contributed by atoms with Crippen LogP contribution in [0.1, 0.15) is 45.1 Å². The predicted molar refractivity (Wildman–Crippen MR) is 81.7 cm³/mol. The highest BCUT2D eigenvalue weighted by atomic mass is 16.2. The van der Waals surface area contributed by atoms with Gasteiger partial charge in [-0.25, -0.2) is 0 Å². The highest BCUT2D eigenvalue weighted by molar-refractivity contribution is 5.87. The van der Waals surface area contributed by atoms with E-state index in [0.29, 0.717) is 6.04 Å². The molecule has 20 heavy (non-hydrogen) atoms. The lowest BCUT2D eigenvalue weighted by atomic mass is 9.73. The SMILES string of the molecule is CC1(C)CCCCC1NC(=O)C1Cc2ccccc2N1. The van der Waals surface area contributed by atoms with E-state index in [-0.39, 0.29) is 17.4 Å². The lowest BCUT2D eigenvalue weighted by molar-refractivity contribution is -0.123. The van der Waals surface area contributed by atoms with Crippen molar-refractivity contribution >= 4 is 11.6 Å². The molecular formula is C17H24N2O. The number of para-hydroxylation sites is 1. The minimum atomic E-state index is -0.106. The van der Waals surface area contributed by atoms with Gasteiger partial charge in [0.25, 0.3) is 0 Å². The van der Waals surface area contributed by atoms with Crippen LogP contribution in [0.4, 0.5) is 5.69 Å². The van der Waals surface area contributed by atoms with E-state index < -0.39 is 0 Å². The van der Waals surface area contributed by atoms with Crippen molar-refractivity contribution in [2.24, 2.45) is 5.41 Å². The van der Waals surface area contributed by atoms with E-state index in [1.165, 1.54) is 24.8 Å². The summed E-state index contributed by atoms with van der Waals surface area (Å²) in [6.07, 6.45) is 5.63. The molecule has 0 saturated heterocycles. The van der Waals surface area contributed by atoms with Gasteiger partial charge < -0.3 is 10.6 Å². The van der Waals surface area contributed by atoms with Gasteiger partial charge in [0.2, 0.25) is 5.91 Å². The highest BCUT2D eigenvalue weighted by Gasteiger charge is 2.35. The molecule has 2 unspecified atom stereocenters. The van der Waals surface area contributed by atoms with Gasteiger partial charge in [-0.3, -0.25) is 4.79 Å². The molecule has 2 atom stereocenters. The predicted octanol–water partition coefficient (Wildman–Crippen LogP) is 3.11. The van der Waals surface area contributed by atoms with Gasteiger partial charge in [0, 0.05) is 18.2 Å². The van der Waals surface area contributed by atoms with Gasteiger partial charge in [-0.05, 0) is 29.9 Å². The average Bonchev–Trinajstić information content (AvgIpc) is 2.85. The summed E-state index contributed by atoms with van der Waals surface area (Å²) in [6, 6.07) is 8.40. The average molecular weight is 272 g/mol. The van der Waals surface area contributed by atoms with Crippen LogP contribution in [0.25, 0.3) is 0 Å². The van der Waals surface area contributed by atoms with Crippen LogP contribution >= 0.6 is 0 Å². The zero-order valence-corrected chi connectivity index (χ0v) is 12.4. The number of hydrogen-bond donors (Lipinski definition) is 2. The Labute approximate surface area is 121 Å². The topological polar surface area (TPSA) is 41.1 Å². The minimum absolute atomic E-state index is 0.106. The third kappa shape index (κ3) is 2.54. The van der Waals surface area contributed by atoms with E-state index in [2.05, 4.69) is 30.5 Å². The molecule has 108 valence electrons. The van der Waals surface area contributed by atoms with Crippen molar-refractivity contribution in [2.75, 3.05) is 5.32 Å². The first-order valence-electron chi connectivity index (χ1n) is 7.71.